The number of likely N-dealkylation sites (N-methyl/N-ethyl adjacent to an activating group) is 1. The van der Waals surface area contributed by atoms with E-state index < -0.39 is 17.7 Å². The number of aromatic nitrogens is 2. The number of fused-ring (bicyclic) bond motifs is 1. The van der Waals surface area contributed by atoms with Crippen molar-refractivity contribution in [1.29, 1.82) is 5.26 Å². The standard InChI is InChI=1S/C31H38F3N7O2/c1-20-6-4-8-28(21(20)2)40-14-10-24-26(37-30(38-27(24)18-40)43-19-23-7-5-13-39(23)3)16-25(31(32,33)34)29(42)41-15-12-36-22(17-41)9-11-35/h4,6,8,16,22-23,36H,5,7,9-10,12-15,17-19H2,1-3H3/t22-,23-/m0/s1. The van der Waals surface area contributed by atoms with Crippen LogP contribution in [0.4, 0.5) is 18.9 Å². The maximum atomic E-state index is 14.5. The Balaban J connectivity index is 1.51. The quantitative estimate of drug-likeness (QED) is 0.482. The Morgan fingerprint density at radius 3 is 2.77 bits per heavy atom. The summed E-state index contributed by atoms with van der Waals surface area (Å²) in [6.07, 6.45) is -1.52. The third-order valence-corrected chi connectivity index (χ3v) is 8.77. The molecular weight excluding hydrogens is 559 g/mol. The van der Waals surface area contributed by atoms with Crippen molar-refractivity contribution < 1.29 is 22.7 Å². The summed E-state index contributed by atoms with van der Waals surface area (Å²) < 4.78 is 49.4. The summed E-state index contributed by atoms with van der Waals surface area (Å²) in [5.74, 6) is -1.12. The van der Waals surface area contributed by atoms with Crippen molar-refractivity contribution in [3.8, 4) is 12.1 Å². The van der Waals surface area contributed by atoms with Gasteiger partial charge in [-0.2, -0.15) is 28.4 Å². The maximum absolute atomic E-state index is 14.5. The molecule has 0 spiro atoms. The first-order chi connectivity index (χ1) is 20.5. The molecule has 230 valence electrons. The molecule has 1 aromatic carbocycles. The summed E-state index contributed by atoms with van der Waals surface area (Å²) in [6, 6.07) is 7.90. The van der Waals surface area contributed by atoms with Crippen molar-refractivity contribution in [3.05, 3.63) is 51.9 Å². The fourth-order valence-electron chi connectivity index (χ4n) is 6.09. The van der Waals surface area contributed by atoms with Crippen LogP contribution in [0.5, 0.6) is 6.01 Å². The number of benzene rings is 1. The zero-order valence-electron chi connectivity index (χ0n) is 24.9. The molecule has 0 radical (unpaired) electrons. The van der Waals surface area contributed by atoms with E-state index in [9.17, 15) is 18.0 Å². The lowest BCUT2D eigenvalue weighted by Crippen LogP contribution is -2.53. The van der Waals surface area contributed by atoms with Crippen LogP contribution in [-0.4, -0.2) is 90.3 Å². The number of ether oxygens (including phenoxy) is 1. The minimum Gasteiger partial charge on any atom is -0.462 e. The van der Waals surface area contributed by atoms with Gasteiger partial charge in [0.25, 0.3) is 5.91 Å². The van der Waals surface area contributed by atoms with Gasteiger partial charge in [0.1, 0.15) is 12.2 Å². The molecule has 0 bridgehead atoms. The van der Waals surface area contributed by atoms with E-state index in [1.807, 2.05) is 38.2 Å². The van der Waals surface area contributed by atoms with Gasteiger partial charge in [0.2, 0.25) is 0 Å². The van der Waals surface area contributed by atoms with Crippen molar-refractivity contribution in [2.45, 2.75) is 64.3 Å². The monoisotopic (exact) mass is 597 g/mol. The molecule has 3 aliphatic heterocycles. The molecule has 43 heavy (non-hydrogen) atoms. The predicted molar refractivity (Wildman–Crippen MR) is 156 cm³/mol. The molecule has 1 N–H and O–H groups in total. The summed E-state index contributed by atoms with van der Waals surface area (Å²) in [5, 5.41) is 12.1. The summed E-state index contributed by atoms with van der Waals surface area (Å²) >= 11 is 0. The van der Waals surface area contributed by atoms with Crippen molar-refractivity contribution in [2.75, 3.05) is 51.3 Å². The van der Waals surface area contributed by atoms with Gasteiger partial charge in [-0.1, -0.05) is 12.1 Å². The van der Waals surface area contributed by atoms with Gasteiger partial charge >= 0.3 is 12.2 Å². The molecule has 0 aliphatic carbocycles. The lowest BCUT2D eigenvalue weighted by molar-refractivity contribution is -0.140. The second-order valence-corrected chi connectivity index (χ2v) is 11.6. The number of anilines is 1. The Morgan fingerprint density at radius 2 is 2.05 bits per heavy atom. The number of hydrogen-bond donors (Lipinski definition) is 1. The molecule has 0 unspecified atom stereocenters. The van der Waals surface area contributed by atoms with Gasteiger partial charge in [-0.05, 0) is 70.0 Å². The molecule has 2 saturated heterocycles. The Bertz CT molecular complexity index is 1420. The predicted octanol–water partition coefficient (Wildman–Crippen LogP) is 3.79. The largest absolute Gasteiger partial charge is 0.462 e. The lowest BCUT2D eigenvalue weighted by atomic mass is 9.99. The first-order valence-corrected chi connectivity index (χ1v) is 14.8. The molecule has 1 aromatic heterocycles. The highest BCUT2D eigenvalue weighted by molar-refractivity contribution is 5.99. The topological polar surface area (TPSA) is 97.6 Å². The van der Waals surface area contributed by atoms with E-state index in [1.165, 1.54) is 4.90 Å². The summed E-state index contributed by atoms with van der Waals surface area (Å²) in [5.41, 5.74) is 3.29. The Labute approximate surface area is 250 Å². The molecule has 2 fully saturated rings. The Kier molecular flexibility index (Phi) is 9.22. The molecule has 4 heterocycles. The van der Waals surface area contributed by atoms with Crippen molar-refractivity contribution >= 4 is 17.7 Å². The second-order valence-electron chi connectivity index (χ2n) is 11.6. The van der Waals surface area contributed by atoms with Crippen molar-refractivity contribution in [3.63, 3.8) is 0 Å². The van der Waals surface area contributed by atoms with Crippen molar-refractivity contribution in [1.82, 2.24) is 25.1 Å². The molecule has 3 aliphatic rings. The number of alkyl halides is 3. The number of amides is 1. The van der Waals surface area contributed by atoms with Gasteiger partial charge in [-0.3, -0.25) is 4.79 Å². The third-order valence-electron chi connectivity index (χ3n) is 8.77. The SMILES string of the molecule is Cc1cccc(N2CCc3c(C=C(C(=O)N4CCN[C@@H](CC#N)C4)C(F)(F)F)nc(OC[C@@H]4CCCN4C)nc3C2)c1C. The number of aryl methyl sites for hydroxylation is 1. The second kappa shape index (κ2) is 12.9. The van der Waals surface area contributed by atoms with E-state index in [2.05, 4.69) is 32.0 Å². The Morgan fingerprint density at radius 1 is 1.23 bits per heavy atom. The van der Waals surface area contributed by atoms with E-state index in [1.54, 1.807) is 0 Å². The summed E-state index contributed by atoms with van der Waals surface area (Å²) in [6.45, 7) is 6.78. The number of rotatable bonds is 7. The van der Waals surface area contributed by atoms with Crippen LogP contribution in [0.2, 0.25) is 0 Å². The average molecular weight is 598 g/mol. The van der Waals surface area contributed by atoms with E-state index >= 15 is 0 Å². The van der Waals surface area contributed by atoms with E-state index in [4.69, 9.17) is 10.00 Å². The molecule has 1 amide bonds. The van der Waals surface area contributed by atoms with E-state index in [0.29, 0.717) is 43.9 Å². The fourth-order valence-corrected chi connectivity index (χ4v) is 6.09. The minimum atomic E-state index is -4.91. The van der Waals surface area contributed by atoms with Crippen LogP contribution in [0.3, 0.4) is 0 Å². The van der Waals surface area contributed by atoms with E-state index in [0.717, 1.165) is 42.3 Å². The van der Waals surface area contributed by atoms with Gasteiger partial charge in [-0.15, -0.1) is 0 Å². The summed E-state index contributed by atoms with van der Waals surface area (Å²) in [4.78, 5) is 28.0. The van der Waals surface area contributed by atoms with Crippen molar-refractivity contribution in [2.24, 2.45) is 0 Å². The number of piperazine rings is 1. The minimum absolute atomic E-state index is 0.0124. The van der Waals surface area contributed by atoms with Gasteiger partial charge in [0.15, 0.2) is 0 Å². The number of halogens is 3. The zero-order valence-corrected chi connectivity index (χ0v) is 24.9. The highest BCUT2D eigenvalue weighted by Crippen LogP contribution is 2.34. The molecule has 2 aromatic rings. The number of carbonyl (C=O) groups is 1. The average Bonchev–Trinajstić information content (AvgIpc) is 3.39. The zero-order chi connectivity index (χ0) is 30.7. The van der Waals surface area contributed by atoms with Gasteiger partial charge in [0, 0.05) is 49.5 Å². The molecule has 0 saturated carbocycles. The fraction of sp³-hybridized carbons (Fsp3) is 0.548. The molecule has 2 atom stereocenters. The molecule has 12 heteroatoms. The number of nitrogens with zero attached hydrogens (tertiary/aromatic N) is 6. The first kappa shape index (κ1) is 30.8. The normalized spacial score (nSPS) is 21.5. The number of nitrogens with one attached hydrogen (secondary N) is 1. The number of likely N-dealkylation sites (tertiary alicyclic amines) is 1. The lowest BCUT2D eigenvalue weighted by Gasteiger charge is -2.34. The smallest absolute Gasteiger partial charge is 0.421 e. The maximum Gasteiger partial charge on any atom is 0.421 e. The Hall–Kier alpha value is -3.69. The van der Waals surface area contributed by atoms with Gasteiger partial charge < -0.3 is 24.8 Å². The van der Waals surface area contributed by atoms with Crippen LogP contribution in [0.1, 0.15) is 47.3 Å². The van der Waals surface area contributed by atoms with Crippen LogP contribution in [-0.2, 0) is 17.8 Å². The van der Waals surface area contributed by atoms with Gasteiger partial charge in [-0.25, -0.2) is 0 Å². The summed E-state index contributed by atoms with van der Waals surface area (Å²) in [7, 11) is 2.02. The molecule has 9 nitrogen and oxygen atoms in total. The van der Waals surface area contributed by atoms with Crippen LogP contribution < -0.4 is 15.0 Å². The van der Waals surface area contributed by atoms with Crippen LogP contribution in [0, 0.1) is 25.2 Å². The number of hydrogen-bond acceptors (Lipinski definition) is 8. The first-order valence-electron chi connectivity index (χ1n) is 14.8. The van der Waals surface area contributed by atoms with Crippen LogP contribution in [0.15, 0.2) is 23.8 Å². The molecule has 5 rings (SSSR count). The third kappa shape index (κ3) is 6.94. The number of nitriles is 1. The van der Waals surface area contributed by atoms with Crippen LogP contribution in [0.25, 0.3) is 6.08 Å². The molecular formula is C31H38F3N7O2. The van der Waals surface area contributed by atoms with Gasteiger partial charge in [0.05, 0.1) is 30.4 Å². The number of carbonyl (C=O) groups excluding carboxylic acids is 1. The highest BCUT2D eigenvalue weighted by atomic mass is 19.4. The highest BCUT2D eigenvalue weighted by Gasteiger charge is 2.42. The van der Waals surface area contributed by atoms with E-state index in [-0.39, 0.29) is 43.3 Å². The van der Waals surface area contributed by atoms with Crippen LogP contribution >= 0.6 is 0 Å².